The maximum absolute atomic E-state index is 12.9. The number of hydrogen-bond donors (Lipinski definition) is 1. The van der Waals surface area contributed by atoms with Crippen LogP contribution in [0.1, 0.15) is 25.1 Å². The van der Waals surface area contributed by atoms with Gasteiger partial charge in [0.2, 0.25) is 11.7 Å². The average Bonchev–Trinajstić information content (AvgIpc) is 3.21. The highest BCUT2D eigenvalue weighted by Crippen LogP contribution is 2.24. The zero-order valence-electron chi connectivity index (χ0n) is 13.1. The Kier molecular flexibility index (Phi) is 3.75. The van der Waals surface area contributed by atoms with Crippen LogP contribution in [-0.4, -0.2) is 32.3 Å². The molecule has 1 fully saturated rings. The molecule has 1 saturated heterocycles. The molecular formula is C16H14F2N6O. The molecule has 4 rings (SSSR count). The Labute approximate surface area is 141 Å². The number of fused-ring (bicyclic) bond motifs is 1. The second kappa shape index (κ2) is 6.08. The van der Waals surface area contributed by atoms with Crippen molar-refractivity contribution in [1.82, 2.24) is 19.8 Å². The SMILES string of the molecule is O=C1CCCN1c1ccc(Nc2ccc3nnc(C(F)F)n3n2)cc1. The van der Waals surface area contributed by atoms with E-state index in [0.29, 0.717) is 12.2 Å². The number of halogens is 2. The molecule has 1 aliphatic heterocycles. The molecule has 1 amide bonds. The van der Waals surface area contributed by atoms with Gasteiger partial charge in [0.1, 0.15) is 0 Å². The van der Waals surface area contributed by atoms with Crippen molar-refractivity contribution in [2.24, 2.45) is 0 Å². The van der Waals surface area contributed by atoms with Crippen molar-refractivity contribution in [3.8, 4) is 0 Å². The van der Waals surface area contributed by atoms with E-state index in [-0.39, 0.29) is 11.6 Å². The maximum atomic E-state index is 12.9. The third-order valence-corrected chi connectivity index (χ3v) is 4.01. The number of nitrogens with zero attached hydrogens (tertiary/aromatic N) is 5. The van der Waals surface area contributed by atoms with Crippen LogP contribution in [0.2, 0.25) is 0 Å². The van der Waals surface area contributed by atoms with E-state index in [1.165, 1.54) is 0 Å². The number of alkyl halides is 2. The molecule has 0 atom stereocenters. The van der Waals surface area contributed by atoms with Crippen molar-refractivity contribution < 1.29 is 13.6 Å². The van der Waals surface area contributed by atoms with Crippen LogP contribution in [0, 0.1) is 0 Å². The van der Waals surface area contributed by atoms with Gasteiger partial charge in [-0.1, -0.05) is 0 Å². The van der Waals surface area contributed by atoms with E-state index in [2.05, 4.69) is 20.6 Å². The third-order valence-electron chi connectivity index (χ3n) is 4.01. The summed E-state index contributed by atoms with van der Waals surface area (Å²) in [5.74, 6) is 0.0145. The lowest BCUT2D eigenvalue weighted by molar-refractivity contribution is -0.117. The molecule has 0 radical (unpaired) electrons. The van der Waals surface area contributed by atoms with Crippen LogP contribution in [0.15, 0.2) is 36.4 Å². The summed E-state index contributed by atoms with van der Waals surface area (Å²) >= 11 is 0. The first-order chi connectivity index (χ1) is 12.1. The van der Waals surface area contributed by atoms with E-state index in [9.17, 15) is 13.6 Å². The number of carbonyl (C=O) groups excluding carboxylic acids is 1. The van der Waals surface area contributed by atoms with Gasteiger partial charge in [0.05, 0.1) is 0 Å². The van der Waals surface area contributed by atoms with Gasteiger partial charge in [0, 0.05) is 24.3 Å². The minimum absolute atomic E-state index is 0.125. The number of benzene rings is 1. The van der Waals surface area contributed by atoms with Gasteiger partial charge in [-0.15, -0.1) is 15.3 Å². The number of aromatic nitrogens is 4. The molecule has 0 spiro atoms. The molecule has 9 heteroatoms. The molecule has 3 heterocycles. The van der Waals surface area contributed by atoms with Crippen LogP contribution in [0.25, 0.3) is 5.65 Å². The van der Waals surface area contributed by atoms with E-state index in [1.807, 2.05) is 24.3 Å². The van der Waals surface area contributed by atoms with E-state index < -0.39 is 12.2 Å². The molecule has 128 valence electrons. The summed E-state index contributed by atoms with van der Waals surface area (Å²) in [6, 6.07) is 10.5. The fraction of sp³-hybridized carbons (Fsp3) is 0.250. The summed E-state index contributed by atoms with van der Waals surface area (Å²) in [6.45, 7) is 0.730. The molecular weight excluding hydrogens is 330 g/mol. The average molecular weight is 344 g/mol. The monoisotopic (exact) mass is 344 g/mol. The van der Waals surface area contributed by atoms with Crippen molar-refractivity contribution in [2.75, 3.05) is 16.8 Å². The van der Waals surface area contributed by atoms with E-state index in [1.54, 1.807) is 17.0 Å². The molecule has 0 unspecified atom stereocenters. The van der Waals surface area contributed by atoms with Crippen molar-refractivity contribution in [3.05, 3.63) is 42.2 Å². The number of carbonyl (C=O) groups is 1. The number of nitrogens with one attached hydrogen (secondary N) is 1. The van der Waals surface area contributed by atoms with Gasteiger partial charge in [-0.05, 0) is 42.8 Å². The summed E-state index contributed by atoms with van der Waals surface area (Å²) in [5, 5.41) is 14.2. The van der Waals surface area contributed by atoms with Gasteiger partial charge in [-0.2, -0.15) is 4.52 Å². The first-order valence-corrected chi connectivity index (χ1v) is 7.80. The molecule has 0 saturated carbocycles. The molecule has 1 N–H and O–H groups in total. The normalized spacial score (nSPS) is 14.7. The molecule has 3 aromatic rings. The molecule has 2 aromatic heterocycles. The zero-order valence-corrected chi connectivity index (χ0v) is 13.1. The first kappa shape index (κ1) is 15.4. The van der Waals surface area contributed by atoms with Gasteiger partial charge in [-0.25, -0.2) is 8.78 Å². The van der Waals surface area contributed by atoms with Crippen LogP contribution in [0.5, 0.6) is 0 Å². The Bertz CT molecular complexity index is 924. The standard InChI is InChI=1S/C16H14F2N6O/c17-15(18)16-21-20-13-8-7-12(22-24(13)16)19-10-3-5-11(6-4-10)23-9-1-2-14(23)25/h3-8,15H,1-2,9H2,(H,19,22). The van der Waals surface area contributed by atoms with Gasteiger partial charge in [0.25, 0.3) is 6.43 Å². The van der Waals surface area contributed by atoms with Gasteiger partial charge < -0.3 is 10.2 Å². The van der Waals surface area contributed by atoms with E-state index >= 15 is 0 Å². The number of amides is 1. The number of anilines is 3. The van der Waals surface area contributed by atoms with Crippen LogP contribution in [0.4, 0.5) is 26.0 Å². The zero-order chi connectivity index (χ0) is 17.4. The van der Waals surface area contributed by atoms with Crippen LogP contribution in [-0.2, 0) is 4.79 Å². The van der Waals surface area contributed by atoms with Crippen molar-refractivity contribution in [2.45, 2.75) is 19.3 Å². The molecule has 1 aromatic carbocycles. The van der Waals surface area contributed by atoms with Crippen molar-refractivity contribution in [1.29, 1.82) is 0 Å². The lowest BCUT2D eigenvalue weighted by Gasteiger charge is -2.16. The highest BCUT2D eigenvalue weighted by Gasteiger charge is 2.21. The van der Waals surface area contributed by atoms with E-state index in [4.69, 9.17) is 0 Å². The first-order valence-electron chi connectivity index (χ1n) is 7.80. The Morgan fingerprint density at radius 1 is 1.08 bits per heavy atom. The van der Waals surface area contributed by atoms with E-state index in [0.717, 1.165) is 28.9 Å². The lowest BCUT2D eigenvalue weighted by Crippen LogP contribution is -2.23. The van der Waals surface area contributed by atoms with Gasteiger partial charge in [0.15, 0.2) is 11.5 Å². The molecule has 25 heavy (non-hydrogen) atoms. The van der Waals surface area contributed by atoms with Crippen molar-refractivity contribution >= 4 is 28.7 Å². The Morgan fingerprint density at radius 3 is 2.56 bits per heavy atom. The van der Waals surface area contributed by atoms with Crippen molar-refractivity contribution in [3.63, 3.8) is 0 Å². The fourth-order valence-corrected chi connectivity index (χ4v) is 2.80. The van der Waals surface area contributed by atoms with Crippen LogP contribution < -0.4 is 10.2 Å². The highest BCUT2D eigenvalue weighted by atomic mass is 19.3. The van der Waals surface area contributed by atoms with Crippen LogP contribution in [0.3, 0.4) is 0 Å². The molecule has 7 nitrogen and oxygen atoms in total. The van der Waals surface area contributed by atoms with Gasteiger partial charge in [-0.3, -0.25) is 4.79 Å². The summed E-state index contributed by atoms with van der Waals surface area (Å²) in [4.78, 5) is 13.5. The molecule has 0 aliphatic carbocycles. The summed E-state index contributed by atoms with van der Waals surface area (Å²) < 4.78 is 26.8. The van der Waals surface area contributed by atoms with Gasteiger partial charge >= 0.3 is 0 Å². The lowest BCUT2D eigenvalue weighted by atomic mass is 10.2. The number of hydrogen-bond acceptors (Lipinski definition) is 5. The summed E-state index contributed by atoms with van der Waals surface area (Å²) in [7, 11) is 0. The summed E-state index contributed by atoms with van der Waals surface area (Å²) in [6.07, 6.45) is -1.31. The highest BCUT2D eigenvalue weighted by molar-refractivity contribution is 5.95. The predicted octanol–water partition coefficient (Wildman–Crippen LogP) is 2.93. The second-order valence-electron chi connectivity index (χ2n) is 5.67. The summed E-state index contributed by atoms with van der Waals surface area (Å²) in [5.41, 5.74) is 1.83. The second-order valence-corrected chi connectivity index (χ2v) is 5.67. The maximum Gasteiger partial charge on any atom is 0.299 e. The quantitative estimate of drug-likeness (QED) is 0.788. The minimum Gasteiger partial charge on any atom is -0.339 e. The Hall–Kier alpha value is -3.10. The predicted molar refractivity (Wildman–Crippen MR) is 87.1 cm³/mol. The number of rotatable bonds is 4. The molecule has 1 aliphatic rings. The molecule has 0 bridgehead atoms. The fourth-order valence-electron chi connectivity index (χ4n) is 2.80. The Balaban J connectivity index is 1.56. The van der Waals surface area contributed by atoms with Crippen LogP contribution >= 0.6 is 0 Å². The topological polar surface area (TPSA) is 75.4 Å². The largest absolute Gasteiger partial charge is 0.339 e. The minimum atomic E-state index is -2.75. The Morgan fingerprint density at radius 2 is 1.88 bits per heavy atom. The third kappa shape index (κ3) is 2.88. The smallest absolute Gasteiger partial charge is 0.299 e.